The second-order valence-corrected chi connectivity index (χ2v) is 4.46. The largest absolute Gasteiger partial charge is 0.481 e. The Morgan fingerprint density at radius 1 is 1.35 bits per heavy atom. The van der Waals surface area contributed by atoms with Crippen LogP contribution in [0.5, 0.6) is 5.88 Å². The molecule has 0 unspecified atom stereocenters. The van der Waals surface area contributed by atoms with Gasteiger partial charge in [0.1, 0.15) is 0 Å². The van der Waals surface area contributed by atoms with Crippen molar-refractivity contribution in [2.24, 2.45) is 0 Å². The summed E-state index contributed by atoms with van der Waals surface area (Å²) in [5, 5.41) is 2.84. The van der Waals surface area contributed by atoms with Gasteiger partial charge in [0.2, 0.25) is 5.88 Å². The molecule has 1 N–H and O–H groups in total. The molecule has 0 spiro atoms. The number of amides is 1. The van der Waals surface area contributed by atoms with Gasteiger partial charge in [-0.25, -0.2) is 4.98 Å². The molecule has 0 saturated heterocycles. The fraction of sp³-hybridized carbons (Fsp3) is 0.200. The molecule has 0 radical (unpaired) electrons. The van der Waals surface area contributed by atoms with E-state index in [0.29, 0.717) is 23.9 Å². The highest BCUT2D eigenvalue weighted by molar-refractivity contribution is 6.17. The van der Waals surface area contributed by atoms with Crippen LogP contribution in [0, 0.1) is 0 Å². The van der Waals surface area contributed by atoms with Gasteiger partial charge in [0.15, 0.2) is 0 Å². The third-order valence-electron chi connectivity index (χ3n) is 2.83. The lowest BCUT2D eigenvalue weighted by molar-refractivity contribution is 0.0950. The Balaban J connectivity index is 2.04. The Morgan fingerprint density at radius 3 is 2.95 bits per heavy atom. The van der Waals surface area contributed by atoms with Crippen molar-refractivity contribution in [3.05, 3.63) is 59.3 Å². The molecule has 20 heavy (non-hydrogen) atoms. The minimum absolute atomic E-state index is 0.150. The van der Waals surface area contributed by atoms with E-state index in [9.17, 15) is 4.79 Å². The Morgan fingerprint density at radius 2 is 2.20 bits per heavy atom. The lowest BCUT2D eigenvalue weighted by Gasteiger charge is -2.09. The van der Waals surface area contributed by atoms with E-state index in [1.54, 1.807) is 31.5 Å². The van der Waals surface area contributed by atoms with Gasteiger partial charge < -0.3 is 10.1 Å². The first-order chi connectivity index (χ1) is 9.74. The molecular formula is C15H15ClN2O2. The summed E-state index contributed by atoms with van der Waals surface area (Å²) < 4.78 is 5.14. The van der Waals surface area contributed by atoms with Gasteiger partial charge in [-0.2, -0.15) is 0 Å². The summed E-state index contributed by atoms with van der Waals surface area (Å²) >= 11 is 5.76. The summed E-state index contributed by atoms with van der Waals surface area (Å²) in [5.41, 5.74) is 2.33. The highest BCUT2D eigenvalue weighted by Crippen LogP contribution is 2.13. The second kappa shape index (κ2) is 6.91. The quantitative estimate of drug-likeness (QED) is 0.862. The van der Waals surface area contributed by atoms with Crippen LogP contribution in [0.4, 0.5) is 0 Å². The van der Waals surface area contributed by atoms with E-state index in [1.807, 2.05) is 18.2 Å². The van der Waals surface area contributed by atoms with E-state index in [-0.39, 0.29) is 5.91 Å². The first kappa shape index (κ1) is 14.3. The van der Waals surface area contributed by atoms with Gasteiger partial charge in [0.05, 0.1) is 7.11 Å². The highest BCUT2D eigenvalue weighted by atomic mass is 35.5. The number of hydrogen-bond donors (Lipinski definition) is 1. The summed E-state index contributed by atoms with van der Waals surface area (Å²) in [4.78, 5) is 16.2. The lowest BCUT2D eigenvalue weighted by Crippen LogP contribution is -2.23. The average Bonchev–Trinajstić information content (AvgIpc) is 2.52. The molecule has 5 heteroatoms. The molecule has 0 bridgehead atoms. The van der Waals surface area contributed by atoms with Gasteiger partial charge in [-0.05, 0) is 23.8 Å². The van der Waals surface area contributed by atoms with Crippen molar-refractivity contribution in [3.63, 3.8) is 0 Å². The number of methoxy groups -OCH3 is 1. The number of halogens is 1. The molecule has 2 rings (SSSR count). The first-order valence-electron chi connectivity index (χ1n) is 6.15. The van der Waals surface area contributed by atoms with Crippen LogP contribution < -0.4 is 10.1 Å². The minimum atomic E-state index is -0.150. The number of ether oxygens (including phenoxy) is 1. The number of alkyl halides is 1. The van der Waals surface area contributed by atoms with E-state index in [4.69, 9.17) is 16.3 Å². The van der Waals surface area contributed by atoms with Crippen molar-refractivity contribution >= 4 is 17.5 Å². The van der Waals surface area contributed by atoms with Crippen LogP contribution in [0.25, 0.3) is 0 Å². The maximum absolute atomic E-state index is 12.1. The number of hydrogen-bond acceptors (Lipinski definition) is 3. The Labute approximate surface area is 122 Å². The third kappa shape index (κ3) is 3.48. The van der Waals surface area contributed by atoms with Crippen molar-refractivity contribution in [1.82, 2.24) is 10.3 Å². The van der Waals surface area contributed by atoms with Gasteiger partial charge in [-0.1, -0.05) is 18.2 Å². The van der Waals surface area contributed by atoms with E-state index < -0.39 is 0 Å². The Bertz CT molecular complexity index is 602. The topological polar surface area (TPSA) is 51.2 Å². The summed E-state index contributed by atoms with van der Waals surface area (Å²) in [6, 6.07) is 10.9. The van der Waals surface area contributed by atoms with Gasteiger partial charge in [-0.15, -0.1) is 11.6 Å². The number of carbonyl (C=O) groups is 1. The van der Waals surface area contributed by atoms with E-state index in [0.717, 1.165) is 11.1 Å². The summed E-state index contributed by atoms with van der Waals surface area (Å²) in [7, 11) is 1.55. The van der Waals surface area contributed by atoms with E-state index >= 15 is 0 Å². The SMILES string of the molecule is COc1ncccc1CNC(=O)c1cccc(CCl)c1. The van der Waals surface area contributed by atoms with Gasteiger partial charge in [0, 0.05) is 29.7 Å². The zero-order valence-corrected chi connectivity index (χ0v) is 11.9. The summed E-state index contributed by atoms with van der Waals surface area (Å²) in [6.07, 6.45) is 1.65. The monoisotopic (exact) mass is 290 g/mol. The van der Waals surface area contributed by atoms with Crippen LogP contribution in [0.1, 0.15) is 21.5 Å². The molecule has 0 aliphatic rings. The molecule has 0 fully saturated rings. The van der Waals surface area contributed by atoms with Crippen LogP contribution >= 0.6 is 11.6 Å². The predicted octanol–water partition coefficient (Wildman–Crippen LogP) is 2.76. The molecule has 1 amide bonds. The van der Waals surface area contributed by atoms with Crippen molar-refractivity contribution in [2.75, 3.05) is 7.11 Å². The fourth-order valence-electron chi connectivity index (χ4n) is 1.82. The van der Waals surface area contributed by atoms with E-state index in [1.165, 1.54) is 0 Å². The molecule has 1 aromatic carbocycles. The number of aromatic nitrogens is 1. The molecular weight excluding hydrogens is 276 g/mol. The normalized spacial score (nSPS) is 10.1. The molecule has 0 saturated carbocycles. The van der Waals surface area contributed by atoms with E-state index in [2.05, 4.69) is 10.3 Å². The maximum atomic E-state index is 12.1. The number of pyridine rings is 1. The number of carbonyl (C=O) groups excluding carboxylic acids is 1. The Hall–Kier alpha value is -2.07. The number of nitrogens with zero attached hydrogens (tertiary/aromatic N) is 1. The summed E-state index contributed by atoms with van der Waals surface area (Å²) in [6.45, 7) is 0.362. The first-order valence-corrected chi connectivity index (χ1v) is 6.69. The molecule has 2 aromatic rings. The maximum Gasteiger partial charge on any atom is 0.251 e. The highest BCUT2D eigenvalue weighted by Gasteiger charge is 2.08. The Kier molecular flexibility index (Phi) is 4.96. The molecule has 1 heterocycles. The third-order valence-corrected chi connectivity index (χ3v) is 3.13. The average molecular weight is 291 g/mol. The van der Waals surface area contributed by atoms with Crippen LogP contribution in [0.2, 0.25) is 0 Å². The van der Waals surface area contributed by atoms with Crippen LogP contribution in [0.3, 0.4) is 0 Å². The number of nitrogens with one attached hydrogen (secondary N) is 1. The molecule has 1 aromatic heterocycles. The van der Waals surface area contributed by atoms with Crippen molar-refractivity contribution in [1.29, 1.82) is 0 Å². The molecule has 0 aliphatic heterocycles. The fourth-order valence-corrected chi connectivity index (χ4v) is 1.98. The van der Waals surface area contributed by atoms with Gasteiger partial charge in [0.25, 0.3) is 5.91 Å². The smallest absolute Gasteiger partial charge is 0.251 e. The van der Waals surface area contributed by atoms with Crippen LogP contribution in [0.15, 0.2) is 42.6 Å². The molecule has 0 atom stereocenters. The van der Waals surface area contributed by atoms with Crippen molar-refractivity contribution in [2.45, 2.75) is 12.4 Å². The molecule has 0 aliphatic carbocycles. The lowest BCUT2D eigenvalue weighted by atomic mass is 10.1. The van der Waals surface area contributed by atoms with Crippen LogP contribution in [-0.2, 0) is 12.4 Å². The molecule has 104 valence electrons. The van der Waals surface area contributed by atoms with Crippen molar-refractivity contribution < 1.29 is 9.53 Å². The number of benzene rings is 1. The van der Waals surface area contributed by atoms with Gasteiger partial charge >= 0.3 is 0 Å². The second-order valence-electron chi connectivity index (χ2n) is 4.19. The standard InChI is InChI=1S/C15H15ClN2O2/c1-20-15-13(6-3-7-17-15)10-18-14(19)12-5-2-4-11(8-12)9-16/h2-8H,9-10H2,1H3,(H,18,19). The van der Waals surface area contributed by atoms with Crippen molar-refractivity contribution in [3.8, 4) is 5.88 Å². The van der Waals surface area contributed by atoms with Crippen LogP contribution in [-0.4, -0.2) is 18.0 Å². The number of rotatable bonds is 5. The summed E-state index contributed by atoms with van der Waals surface area (Å²) in [5.74, 6) is 0.752. The van der Waals surface area contributed by atoms with Gasteiger partial charge in [-0.3, -0.25) is 4.79 Å². The minimum Gasteiger partial charge on any atom is -0.481 e. The zero-order valence-electron chi connectivity index (χ0n) is 11.1. The molecule has 4 nitrogen and oxygen atoms in total. The zero-order chi connectivity index (χ0) is 14.4. The predicted molar refractivity (Wildman–Crippen MR) is 78.0 cm³/mol.